The second kappa shape index (κ2) is 7.81. The molecule has 1 aliphatic rings. The maximum absolute atomic E-state index is 12.3. The smallest absolute Gasteiger partial charge is 0.253 e. The first-order chi connectivity index (χ1) is 10.2. The van der Waals surface area contributed by atoms with Crippen LogP contribution < -0.4 is 5.32 Å². The maximum atomic E-state index is 12.3. The number of anilines is 1. The number of benzene rings is 1. The van der Waals surface area contributed by atoms with E-state index in [1.807, 2.05) is 4.90 Å². The summed E-state index contributed by atoms with van der Waals surface area (Å²) < 4.78 is 0. The van der Waals surface area contributed by atoms with Crippen molar-refractivity contribution in [1.82, 2.24) is 4.90 Å². The number of carbonyl (C=O) groups is 2. The predicted molar refractivity (Wildman–Crippen MR) is 84.4 cm³/mol. The van der Waals surface area contributed by atoms with E-state index in [4.69, 9.17) is 0 Å². The summed E-state index contributed by atoms with van der Waals surface area (Å²) in [5.74, 6) is 0.130. The molecule has 114 valence electrons. The molecule has 4 heteroatoms. The van der Waals surface area contributed by atoms with Crippen molar-refractivity contribution >= 4 is 17.5 Å². The van der Waals surface area contributed by atoms with Gasteiger partial charge in [-0.3, -0.25) is 9.59 Å². The van der Waals surface area contributed by atoms with Gasteiger partial charge in [-0.1, -0.05) is 13.3 Å². The zero-order valence-corrected chi connectivity index (χ0v) is 12.7. The number of carbonyl (C=O) groups excluding carboxylic acids is 2. The molecule has 2 rings (SSSR count). The van der Waals surface area contributed by atoms with Crippen LogP contribution in [0.1, 0.15) is 55.8 Å². The van der Waals surface area contributed by atoms with Crippen LogP contribution in [0.3, 0.4) is 0 Å². The fourth-order valence-corrected chi connectivity index (χ4v) is 2.54. The Morgan fingerprint density at radius 2 is 1.76 bits per heavy atom. The van der Waals surface area contributed by atoms with E-state index in [1.54, 1.807) is 24.3 Å². The summed E-state index contributed by atoms with van der Waals surface area (Å²) in [6.45, 7) is 3.77. The molecule has 1 aromatic carbocycles. The number of nitrogens with one attached hydrogen (secondary N) is 1. The number of piperidine rings is 1. The van der Waals surface area contributed by atoms with Gasteiger partial charge in [0.05, 0.1) is 0 Å². The largest absolute Gasteiger partial charge is 0.339 e. The average Bonchev–Trinajstić information content (AvgIpc) is 2.54. The Hall–Kier alpha value is -1.84. The van der Waals surface area contributed by atoms with Crippen LogP contribution in [0.25, 0.3) is 0 Å². The highest BCUT2D eigenvalue weighted by atomic mass is 16.2. The first-order valence-electron chi connectivity index (χ1n) is 7.90. The molecule has 2 amide bonds. The highest BCUT2D eigenvalue weighted by Crippen LogP contribution is 2.15. The van der Waals surface area contributed by atoms with Crippen molar-refractivity contribution in [3.8, 4) is 0 Å². The lowest BCUT2D eigenvalue weighted by Gasteiger charge is -2.26. The first kappa shape index (κ1) is 15.5. The molecule has 1 aromatic rings. The third kappa shape index (κ3) is 4.59. The molecule has 0 saturated carbocycles. The third-order valence-corrected chi connectivity index (χ3v) is 3.82. The quantitative estimate of drug-likeness (QED) is 0.902. The predicted octanol–water partition coefficient (Wildman–Crippen LogP) is 3.44. The molecule has 0 aromatic heterocycles. The number of hydrogen-bond acceptors (Lipinski definition) is 2. The monoisotopic (exact) mass is 288 g/mol. The van der Waals surface area contributed by atoms with Gasteiger partial charge < -0.3 is 10.2 Å². The van der Waals surface area contributed by atoms with Gasteiger partial charge in [-0.05, 0) is 49.9 Å². The van der Waals surface area contributed by atoms with Gasteiger partial charge in [-0.25, -0.2) is 0 Å². The van der Waals surface area contributed by atoms with Gasteiger partial charge in [-0.15, -0.1) is 0 Å². The first-order valence-corrected chi connectivity index (χ1v) is 7.90. The fourth-order valence-electron chi connectivity index (χ4n) is 2.54. The lowest BCUT2D eigenvalue weighted by atomic mass is 10.1. The summed E-state index contributed by atoms with van der Waals surface area (Å²) in [5.41, 5.74) is 1.45. The van der Waals surface area contributed by atoms with Crippen LogP contribution in [0.2, 0.25) is 0 Å². The average molecular weight is 288 g/mol. The van der Waals surface area contributed by atoms with Gasteiger partial charge >= 0.3 is 0 Å². The van der Waals surface area contributed by atoms with E-state index >= 15 is 0 Å². The SMILES string of the molecule is CCCCC(=O)Nc1ccc(C(=O)N2CCCCC2)cc1. The molecular weight excluding hydrogens is 264 g/mol. The Balaban J connectivity index is 1.91. The Morgan fingerprint density at radius 1 is 1.10 bits per heavy atom. The van der Waals surface area contributed by atoms with Gasteiger partial charge in [-0.2, -0.15) is 0 Å². The molecule has 1 fully saturated rings. The van der Waals surface area contributed by atoms with E-state index in [2.05, 4.69) is 12.2 Å². The van der Waals surface area contributed by atoms with Gasteiger partial charge in [0, 0.05) is 30.8 Å². The molecule has 4 nitrogen and oxygen atoms in total. The number of unbranched alkanes of at least 4 members (excludes halogenated alkanes) is 1. The zero-order chi connectivity index (χ0) is 15.1. The normalized spacial score (nSPS) is 14.8. The van der Waals surface area contributed by atoms with Crippen LogP contribution in [0.4, 0.5) is 5.69 Å². The Bertz CT molecular complexity index is 476. The molecule has 1 aliphatic heterocycles. The molecule has 1 heterocycles. The molecule has 0 radical (unpaired) electrons. The molecule has 0 bridgehead atoms. The summed E-state index contributed by atoms with van der Waals surface area (Å²) in [4.78, 5) is 25.9. The van der Waals surface area contributed by atoms with Crippen LogP contribution in [-0.2, 0) is 4.79 Å². The van der Waals surface area contributed by atoms with Crippen LogP contribution >= 0.6 is 0 Å². The number of nitrogens with zero attached hydrogens (tertiary/aromatic N) is 1. The van der Waals surface area contributed by atoms with Crippen molar-refractivity contribution in [1.29, 1.82) is 0 Å². The van der Waals surface area contributed by atoms with Crippen molar-refractivity contribution in [2.45, 2.75) is 45.4 Å². The molecule has 21 heavy (non-hydrogen) atoms. The number of hydrogen-bond donors (Lipinski definition) is 1. The van der Waals surface area contributed by atoms with Gasteiger partial charge in [0.2, 0.25) is 5.91 Å². The molecule has 0 aliphatic carbocycles. The van der Waals surface area contributed by atoms with E-state index in [0.717, 1.165) is 44.5 Å². The summed E-state index contributed by atoms with van der Waals surface area (Å²) in [7, 11) is 0. The van der Waals surface area contributed by atoms with E-state index in [1.165, 1.54) is 6.42 Å². The standard InChI is InChI=1S/C17H24N2O2/c1-2-3-7-16(20)18-15-10-8-14(9-11-15)17(21)19-12-5-4-6-13-19/h8-11H,2-7,12-13H2,1H3,(H,18,20). The number of likely N-dealkylation sites (tertiary alicyclic amines) is 1. The molecule has 0 atom stereocenters. The lowest BCUT2D eigenvalue weighted by Crippen LogP contribution is -2.35. The zero-order valence-electron chi connectivity index (χ0n) is 12.7. The lowest BCUT2D eigenvalue weighted by molar-refractivity contribution is -0.116. The molecule has 0 spiro atoms. The van der Waals surface area contributed by atoms with E-state index in [-0.39, 0.29) is 11.8 Å². The topological polar surface area (TPSA) is 49.4 Å². The summed E-state index contributed by atoms with van der Waals surface area (Å²) >= 11 is 0. The van der Waals surface area contributed by atoms with E-state index in [0.29, 0.717) is 12.0 Å². The third-order valence-electron chi connectivity index (χ3n) is 3.82. The minimum absolute atomic E-state index is 0.0342. The summed E-state index contributed by atoms with van der Waals surface area (Å²) in [5, 5.41) is 2.86. The van der Waals surface area contributed by atoms with Gasteiger partial charge in [0.25, 0.3) is 5.91 Å². The van der Waals surface area contributed by atoms with Crippen molar-refractivity contribution in [3.63, 3.8) is 0 Å². The second-order valence-electron chi connectivity index (χ2n) is 5.58. The maximum Gasteiger partial charge on any atom is 0.253 e. The van der Waals surface area contributed by atoms with Crippen LogP contribution in [-0.4, -0.2) is 29.8 Å². The highest BCUT2D eigenvalue weighted by molar-refractivity contribution is 5.95. The van der Waals surface area contributed by atoms with Crippen molar-refractivity contribution in [3.05, 3.63) is 29.8 Å². The minimum Gasteiger partial charge on any atom is -0.339 e. The Kier molecular flexibility index (Phi) is 5.78. The summed E-state index contributed by atoms with van der Waals surface area (Å²) in [6.07, 6.45) is 5.86. The molecule has 1 saturated heterocycles. The Morgan fingerprint density at radius 3 is 2.38 bits per heavy atom. The van der Waals surface area contributed by atoms with E-state index < -0.39 is 0 Å². The molecular formula is C17H24N2O2. The van der Waals surface area contributed by atoms with Gasteiger partial charge in [0.1, 0.15) is 0 Å². The van der Waals surface area contributed by atoms with Crippen molar-refractivity contribution in [2.24, 2.45) is 0 Å². The van der Waals surface area contributed by atoms with Gasteiger partial charge in [0.15, 0.2) is 0 Å². The molecule has 0 unspecified atom stereocenters. The second-order valence-corrected chi connectivity index (χ2v) is 5.58. The van der Waals surface area contributed by atoms with Crippen molar-refractivity contribution < 1.29 is 9.59 Å². The molecule has 1 N–H and O–H groups in total. The summed E-state index contributed by atoms with van der Waals surface area (Å²) in [6, 6.07) is 7.21. The highest BCUT2D eigenvalue weighted by Gasteiger charge is 2.17. The van der Waals surface area contributed by atoms with Crippen molar-refractivity contribution in [2.75, 3.05) is 18.4 Å². The van der Waals surface area contributed by atoms with E-state index in [9.17, 15) is 9.59 Å². The number of amides is 2. The van der Waals surface area contributed by atoms with Crippen LogP contribution in [0.15, 0.2) is 24.3 Å². The minimum atomic E-state index is 0.0342. The Labute approximate surface area is 126 Å². The van der Waals surface area contributed by atoms with Crippen LogP contribution in [0, 0.1) is 0 Å². The number of rotatable bonds is 5. The van der Waals surface area contributed by atoms with Crippen LogP contribution in [0.5, 0.6) is 0 Å². The fraction of sp³-hybridized carbons (Fsp3) is 0.529.